The summed E-state index contributed by atoms with van der Waals surface area (Å²) in [6.45, 7) is 2.87. The van der Waals surface area contributed by atoms with Gasteiger partial charge < -0.3 is 15.0 Å². The van der Waals surface area contributed by atoms with Gasteiger partial charge in [0.05, 0.1) is 5.02 Å². The Morgan fingerprint density at radius 3 is 2.61 bits per heavy atom. The Hall–Kier alpha value is -3.14. The van der Waals surface area contributed by atoms with E-state index in [4.69, 9.17) is 32.5 Å². The molecule has 1 amide bonds. The molecular weight excluding hydrogens is 485 g/mol. The summed E-state index contributed by atoms with van der Waals surface area (Å²) in [6.07, 6.45) is 8.72. The summed E-state index contributed by atoms with van der Waals surface area (Å²) in [5, 5.41) is 8.53. The fourth-order valence-electron chi connectivity index (χ4n) is 5.48. The third-order valence-corrected chi connectivity index (χ3v) is 7.57. The number of fused-ring (bicyclic) bond motifs is 1. The molecule has 3 aromatic heterocycles. The fraction of sp³-hybridized carbons (Fsp3) is 0.520. The molecule has 0 aromatic carbocycles. The Bertz CT molecular complexity index is 1310. The van der Waals surface area contributed by atoms with Gasteiger partial charge in [-0.1, -0.05) is 31.4 Å². The molecule has 0 atom stereocenters. The monoisotopic (exact) mass is 513 g/mol. The third-order valence-electron chi connectivity index (χ3n) is 7.36. The lowest BCUT2D eigenvalue weighted by molar-refractivity contribution is 0.151. The van der Waals surface area contributed by atoms with Crippen molar-refractivity contribution in [2.24, 2.45) is 17.6 Å². The highest BCUT2D eigenvalue weighted by Gasteiger charge is 2.41. The van der Waals surface area contributed by atoms with Crippen LogP contribution in [0.3, 0.4) is 0 Å². The first kappa shape index (κ1) is 24.5. The minimum absolute atomic E-state index is 0.182. The molecule has 2 aliphatic carbocycles. The van der Waals surface area contributed by atoms with Crippen molar-refractivity contribution in [1.82, 2.24) is 24.5 Å². The number of imidazole rings is 1. The summed E-state index contributed by atoms with van der Waals surface area (Å²) >= 11 is 6.24. The topological polar surface area (TPSA) is 133 Å². The van der Waals surface area contributed by atoms with Gasteiger partial charge in [-0.15, -0.1) is 0 Å². The highest BCUT2D eigenvalue weighted by Crippen LogP contribution is 2.44. The predicted octanol–water partition coefficient (Wildman–Crippen LogP) is 5.53. The number of carbonyl (C=O) groups is 1. The van der Waals surface area contributed by atoms with Crippen molar-refractivity contribution in [2.75, 3.05) is 0 Å². The molecule has 190 valence electrons. The summed E-state index contributed by atoms with van der Waals surface area (Å²) < 4.78 is 23.0. The lowest BCUT2D eigenvalue weighted by Gasteiger charge is -2.29. The lowest BCUT2D eigenvalue weighted by atomic mass is 9.83. The maximum Gasteiger partial charge on any atom is 0.411 e. The van der Waals surface area contributed by atoms with Crippen molar-refractivity contribution in [3.63, 3.8) is 0 Å². The SMILES string of the molecule is C[C@H]1CC[C@H](Cn2c(C3(F)CCCC3)nc3nc(C(=N)OC(N)=O)nc(-c4cncc(Cl)c4)c32)CC1. The molecule has 2 saturated carbocycles. The van der Waals surface area contributed by atoms with E-state index in [2.05, 4.69) is 21.9 Å². The van der Waals surface area contributed by atoms with Crippen molar-refractivity contribution in [3.05, 3.63) is 35.1 Å². The van der Waals surface area contributed by atoms with Gasteiger partial charge in [0.2, 0.25) is 5.82 Å². The van der Waals surface area contributed by atoms with E-state index in [9.17, 15) is 4.79 Å². The van der Waals surface area contributed by atoms with Crippen LogP contribution in [0.5, 0.6) is 0 Å². The van der Waals surface area contributed by atoms with E-state index in [1.807, 2.05) is 4.57 Å². The molecule has 2 aliphatic rings. The van der Waals surface area contributed by atoms with Crippen LogP contribution >= 0.6 is 11.6 Å². The number of nitrogens with one attached hydrogen (secondary N) is 1. The van der Waals surface area contributed by atoms with Crippen molar-refractivity contribution < 1.29 is 13.9 Å². The van der Waals surface area contributed by atoms with Crippen LogP contribution in [-0.2, 0) is 17.0 Å². The van der Waals surface area contributed by atoms with E-state index in [0.717, 1.165) is 38.5 Å². The lowest BCUT2D eigenvalue weighted by Crippen LogP contribution is -2.25. The highest BCUT2D eigenvalue weighted by atomic mass is 35.5. The first-order valence-corrected chi connectivity index (χ1v) is 12.8. The number of halogens is 2. The van der Waals surface area contributed by atoms with E-state index in [-0.39, 0.29) is 11.5 Å². The zero-order valence-corrected chi connectivity index (χ0v) is 20.9. The number of ether oxygens (including phenoxy) is 1. The van der Waals surface area contributed by atoms with Gasteiger partial charge in [-0.25, -0.2) is 24.1 Å². The van der Waals surface area contributed by atoms with E-state index in [1.54, 1.807) is 12.3 Å². The van der Waals surface area contributed by atoms with Crippen molar-refractivity contribution in [2.45, 2.75) is 70.5 Å². The van der Waals surface area contributed by atoms with Crippen LogP contribution in [0.4, 0.5) is 9.18 Å². The summed E-state index contributed by atoms with van der Waals surface area (Å²) in [5.74, 6) is 0.618. The van der Waals surface area contributed by atoms with E-state index >= 15 is 4.39 Å². The highest BCUT2D eigenvalue weighted by molar-refractivity contribution is 6.30. The number of nitrogens with two attached hydrogens (primary N) is 1. The third kappa shape index (κ3) is 4.78. The molecule has 11 heteroatoms. The van der Waals surface area contributed by atoms with Gasteiger partial charge in [0, 0.05) is 24.5 Å². The second kappa shape index (κ2) is 9.72. The molecule has 3 heterocycles. The first-order chi connectivity index (χ1) is 17.2. The first-order valence-electron chi connectivity index (χ1n) is 12.4. The van der Waals surface area contributed by atoms with Crippen LogP contribution in [0, 0.1) is 17.2 Å². The summed E-state index contributed by atoms with van der Waals surface area (Å²) in [5.41, 5.74) is 5.29. The molecule has 0 unspecified atom stereocenters. The molecule has 0 bridgehead atoms. The van der Waals surface area contributed by atoms with Gasteiger partial charge in [0.1, 0.15) is 17.0 Å². The molecule has 5 rings (SSSR count). The molecule has 0 aliphatic heterocycles. The average molecular weight is 514 g/mol. The van der Waals surface area contributed by atoms with Gasteiger partial charge in [-0.3, -0.25) is 10.4 Å². The van der Waals surface area contributed by atoms with Gasteiger partial charge >= 0.3 is 6.09 Å². The Kier molecular flexibility index (Phi) is 6.63. The maximum atomic E-state index is 16.3. The molecule has 0 spiro atoms. The Balaban J connectivity index is 1.73. The summed E-state index contributed by atoms with van der Waals surface area (Å²) in [7, 11) is 0. The van der Waals surface area contributed by atoms with Crippen molar-refractivity contribution in [3.8, 4) is 11.3 Å². The molecule has 2 fully saturated rings. The molecule has 3 N–H and O–H groups in total. The average Bonchev–Trinajstić information content (AvgIpc) is 3.44. The number of aromatic nitrogens is 5. The summed E-state index contributed by atoms with van der Waals surface area (Å²) in [6, 6.07) is 1.69. The zero-order valence-electron chi connectivity index (χ0n) is 20.1. The molecule has 0 saturated heterocycles. The standard InChI is InChI=1S/C25H29ClFN7O2/c1-14-4-6-15(7-5-14)13-34-19-18(16-10-17(26)12-30-11-16)31-22(20(28)36-24(29)35)32-21(19)33-23(34)25(27)8-2-3-9-25/h10-12,14-15,28H,2-9,13H2,1H3,(H2,29,35)/t14-,15-. The van der Waals surface area contributed by atoms with Crippen LogP contribution in [0.15, 0.2) is 18.5 Å². The van der Waals surface area contributed by atoms with Gasteiger partial charge in [0.15, 0.2) is 11.3 Å². The Morgan fingerprint density at radius 2 is 1.94 bits per heavy atom. The number of amides is 1. The van der Waals surface area contributed by atoms with Crippen molar-refractivity contribution >= 4 is 34.8 Å². The molecular formula is C25H29ClFN7O2. The molecule has 9 nitrogen and oxygen atoms in total. The normalized spacial score (nSPS) is 21.5. The summed E-state index contributed by atoms with van der Waals surface area (Å²) in [4.78, 5) is 29.1. The van der Waals surface area contributed by atoms with E-state index < -0.39 is 17.7 Å². The molecule has 36 heavy (non-hydrogen) atoms. The second-order valence-corrected chi connectivity index (χ2v) is 10.5. The number of nitrogens with zero attached hydrogens (tertiary/aromatic N) is 5. The number of pyridine rings is 1. The zero-order chi connectivity index (χ0) is 25.4. The maximum absolute atomic E-state index is 16.3. The number of rotatable bonds is 5. The van der Waals surface area contributed by atoms with Crippen LogP contribution in [-0.4, -0.2) is 36.5 Å². The van der Waals surface area contributed by atoms with Crippen LogP contribution in [0.2, 0.25) is 5.02 Å². The Morgan fingerprint density at radius 1 is 1.22 bits per heavy atom. The van der Waals surface area contributed by atoms with Gasteiger partial charge in [-0.2, -0.15) is 0 Å². The van der Waals surface area contributed by atoms with E-state index in [1.165, 1.54) is 6.20 Å². The number of hydrogen-bond donors (Lipinski definition) is 2. The minimum Gasteiger partial charge on any atom is -0.388 e. The number of carbonyl (C=O) groups excluding carboxylic acids is 1. The largest absolute Gasteiger partial charge is 0.411 e. The molecule has 3 aromatic rings. The smallest absolute Gasteiger partial charge is 0.388 e. The van der Waals surface area contributed by atoms with Gasteiger partial charge in [-0.05, 0) is 56.4 Å². The molecule has 0 radical (unpaired) electrons. The van der Waals surface area contributed by atoms with Gasteiger partial charge in [0.25, 0.3) is 5.90 Å². The Labute approximate surface area is 213 Å². The van der Waals surface area contributed by atoms with E-state index in [0.29, 0.717) is 58.8 Å². The predicted molar refractivity (Wildman–Crippen MR) is 133 cm³/mol. The number of hydrogen-bond acceptors (Lipinski definition) is 7. The minimum atomic E-state index is -1.57. The van der Waals surface area contributed by atoms with Crippen molar-refractivity contribution in [1.29, 1.82) is 5.41 Å². The number of alkyl halides is 1. The number of primary amides is 1. The van der Waals surface area contributed by atoms with Crippen LogP contribution < -0.4 is 5.73 Å². The quantitative estimate of drug-likeness (QED) is 0.340. The second-order valence-electron chi connectivity index (χ2n) is 10.1. The van der Waals surface area contributed by atoms with Crippen LogP contribution in [0.1, 0.15) is 69.9 Å². The van der Waals surface area contributed by atoms with Crippen LogP contribution in [0.25, 0.3) is 22.4 Å². The fourth-order valence-corrected chi connectivity index (χ4v) is 5.65.